The molecule has 1 fully saturated rings. The Bertz CT molecular complexity index is 4700. The molecule has 4 heterocycles. The Kier molecular flexibility index (Phi) is 11.2. The summed E-state index contributed by atoms with van der Waals surface area (Å²) in [6.07, 6.45) is 9.27. The smallest absolute Gasteiger partial charge is 0.252 e. The molecule has 446 valence electrons. The zero-order valence-corrected chi connectivity index (χ0v) is 55.1. The van der Waals surface area contributed by atoms with E-state index in [1.165, 1.54) is 137 Å². The van der Waals surface area contributed by atoms with Crippen molar-refractivity contribution in [3.05, 3.63) is 220 Å². The monoisotopic (exact) mass is 1160 g/mol. The van der Waals surface area contributed by atoms with Gasteiger partial charge in [0.05, 0.1) is 5.54 Å². The summed E-state index contributed by atoms with van der Waals surface area (Å²) in [4.78, 5) is 8.38. The molecular weight excluding hydrogens is 1080 g/mol. The summed E-state index contributed by atoms with van der Waals surface area (Å²) >= 11 is 0. The van der Waals surface area contributed by atoms with Gasteiger partial charge in [0.1, 0.15) is 11.2 Å². The van der Waals surface area contributed by atoms with Crippen LogP contribution in [0.4, 0.5) is 45.5 Å². The molecule has 17 rings (SSSR count). The average Bonchev–Trinajstić information content (AvgIpc) is 1.56. The van der Waals surface area contributed by atoms with Gasteiger partial charge in [0.2, 0.25) is 0 Å². The molecule has 1 saturated carbocycles. The van der Waals surface area contributed by atoms with Crippen molar-refractivity contribution in [3.63, 3.8) is 0 Å². The molecule has 5 heteroatoms. The third-order valence-electron chi connectivity index (χ3n) is 25.0. The maximum atomic E-state index is 6.70. The molecule has 0 saturated heterocycles. The first kappa shape index (κ1) is 55.3. The molecule has 4 aliphatic carbocycles. The number of hydrogen-bond acceptors (Lipinski definition) is 4. The molecule has 2 atom stereocenters. The van der Waals surface area contributed by atoms with E-state index >= 15 is 0 Å². The summed E-state index contributed by atoms with van der Waals surface area (Å²) in [6.45, 7) is 35.1. The van der Waals surface area contributed by atoms with Crippen molar-refractivity contribution in [1.29, 1.82) is 0 Å². The second-order valence-electron chi connectivity index (χ2n) is 32.5. The van der Waals surface area contributed by atoms with Gasteiger partial charge in [-0.25, -0.2) is 0 Å². The highest BCUT2D eigenvalue weighted by molar-refractivity contribution is 7.00. The van der Waals surface area contributed by atoms with Crippen LogP contribution in [0, 0.1) is 0 Å². The van der Waals surface area contributed by atoms with Crippen LogP contribution in [0.1, 0.15) is 198 Å². The van der Waals surface area contributed by atoms with E-state index in [0.717, 1.165) is 59.7 Å². The molecule has 0 N–H and O–H groups in total. The van der Waals surface area contributed by atoms with Crippen molar-refractivity contribution >= 4 is 90.5 Å². The number of hydrogen-bond donors (Lipinski definition) is 0. The molecule has 3 aliphatic heterocycles. The van der Waals surface area contributed by atoms with Crippen LogP contribution < -0.4 is 31.1 Å². The Morgan fingerprint density at radius 3 is 1.52 bits per heavy atom. The third kappa shape index (κ3) is 7.42. The summed E-state index contributed by atoms with van der Waals surface area (Å²) in [6, 6.07) is 67.5. The van der Waals surface area contributed by atoms with E-state index in [4.69, 9.17) is 4.42 Å². The van der Waals surface area contributed by atoms with E-state index in [-0.39, 0.29) is 50.2 Å². The molecule has 9 aromatic carbocycles. The van der Waals surface area contributed by atoms with Crippen LogP contribution >= 0.6 is 0 Å². The second kappa shape index (κ2) is 18.0. The van der Waals surface area contributed by atoms with E-state index in [0.29, 0.717) is 0 Å². The quantitative estimate of drug-likeness (QED) is 0.164. The topological polar surface area (TPSA) is 22.9 Å². The number of fused-ring (bicyclic) bond motifs is 14. The van der Waals surface area contributed by atoms with Gasteiger partial charge in [-0.15, -0.1) is 0 Å². The fourth-order valence-corrected chi connectivity index (χ4v) is 19.2. The van der Waals surface area contributed by atoms with Gasteiger partial charge in [-0.05, 0) is 217 Å². The number of nitrogens with zero attached hydrogens (tertiary/aromatic N) is 3. The summed E-state index contributed by atoms with van der Waals surface area (Å²) in [5, 5.41) is 2.28. The number of rotatable bonds is 4. The standard InChI is InChI=1S/C84H86BN3O/c1-77(2)38-39-78(3,4)61-44-54(31-33-58(61)77)87-70-49-63-62(79(5,6)40-41-80(63,7)8)47-67(70)85-68-48-64-65(82(11,12)60-28-20-19-27-59(60)81(64,9)10)50-71(68)86(53-32-35-75-57(43-53)56-26-18-21-29-74(56)89-75)72-45-55(46-73(87)76(72)85)88-69-34-30-52(51-24-16-15-17-25-51)42-66(69)83(13)36-22-23-37-84(83,88)14/h15-21,24-35,42-50H,22-23,36-41H2,1-14H3. The normalized spacial score (nSPS) is 22.9. The van der Waals surface area contributed by atoms with Crippen molar-refractivity contribution < 1.29 is 4.42 Å². The van der Waals surface area contributed by atoms with Gasteiger partial charge < -0.3 is 19.1 Å². The van der Waals surface area contributed by atoms with Crippen LogP contribution in [0.25, 0.3) is 33.1 Å². The Morgan fingerprint density at radius 2 is 0.854 bits per heavy atom. The Hall–Kier alpha value is -7.76. The molecule has 2 unspecified atom stereocenters. The molecule has 0 spiro atoms. The number of para-hydroxylation sites is 1. The molecule has 89 heavy (non-hydrogen) atoms. The van der Waals surface area contributed by atoms with Crippen molar-refractivity contribution in [1.82, 2.24) is 0 Å². The maximum absolute atomic E-state index is 6.70. The van der Waals surface area contributed by atoms with Crippen molar-refractivity contribution in [2.45, 2.75) is 192 Å². The summed E-state index contributed by atoms with van der Waals surface area (Å²) in [5.41, 5.74) is 30.9. The molecule has 7 aliphatic rings. The third-order valence-corrected chi connectivity index (χ3v) is 25.0. The lowest BCUT2D eigenvalue weighted by atomic mass is 9.32. The van der Waals surface area contributed by atoms with Gasteiger partial charge in [-0.2, -0.15) is 0 Å². The zero-order valence-electron chi connectivity index (χ0n) is 55.1. The molecule has 0 radical (unpaired) electrons. The summed E-state index contributed by atoms with van der Waals surface area (Å²) in [5.74, 6) is 0. The average molecular weight is 1160 g/mol. The van der Waals surface area contributed by atoms with Gasteiger partial charge in [0, 0.05) is 72.5 Å². The van der Waals surface area contributed by atoms with E-state index in [1.807, 2.05) is 0 Å². The predicted molar refractivity (Wildman–Crippen MR) is 377 cm³/mol. The molecule has 10 aromatic rings. The SMILES string of the molecule is CC1(C)CCC(C)(C)c2cc(N3c4cc5c(cc4B4c6cc7c(cc6N(c6ccc8oc9ccccc9c8c6)c6cc(N8c9ccc(-c%10ccccc%10)cc9C9(C)CCCCC89C)cc3c64)C(C)(C)c3ccccc3C7(C)C)C(C)(C)CCC5(C)C)ccc21. The second-order valence-corrected chi connectivity index (χ2v) is 32.5. The fourth-order valence-electron chi connectivity index (χ4n) is 19.2. The Morgan fingerprint density at radius 1 is 0.337 bits per heavy atom. The van der Waals surface area contributed by atoms with Crippen molar-refractivity contribution in [2.75, 3.05) is 14.7 Å². The van der Waals surface area contributed by atoms with Crippen LogP contribution in [-0.4, -0.2) is 12.3 Å². The van der Waals surface area contributed by atoms with Crippen LogP contribution in [0.5, 0.6) is 0 Å². The minimum atomic E-state index is -0.275. The number of benzene rings is 9. The van der Waals surface area contributed by atoms with Gasteiger partial charge in [-0.3, -0.25) is 0 Å². The first-order valence-electron chi connectivity index (χ1n) is 33.7. The Labute approximate surface area is 529 Å². The zero-order chi connectivity index (χ0) is 61.5. The van der Waals surface area contributed by atoms with E-state index in [1.54, 1.807) is 0 Å². The highest BCUT2D eigenvalue weighted by atomic mass is 16.3. The van der Waals surface area contributed by atoms with E-state index in [2.05, 4.69) is 281 Å². The molecular formula is C84H86BN3O. The summed E-state index contributed by atoms with van der Waals surface area (Å²) < 4.78 is 6.70. The predicted octanol–water partition coefficient (Wildman–Crippen LogP) is 20.7. The van der Waals surface area contributed by atoms with E-state index < -0.39 is 0 Å². The van der Waals surface area contributed by atoms with Crippen LogP contribution in [0.15, 0.2) is 174 Å². The van der Waals surface area contributed by atoms with Crippen molar-refractivity contribution in [2.24, 2.45) is 0 Å². The highest BCUT2D eigenvalue weighted by Gasteiger charge is 2.59. The Balaban J connectivity index is 1.03. The minimum Gasteiger partial charge on any atom is -0.456 e. The lowest BCUT2D eigenvalue weighted by molar-refractivity contribution is 0.195. The first-order chi connectivity index (χ1) is 42.3. The van der Waals surface area contributed by atoms with Crippen LogP contribution in [0.3, 0.4) is 0 Å². The lowest BCUT2D eigenvalue weighted by Gasteiger charge is -2.52. The fraction of sp³-hybridized carbons (Fsp3) is 0.357. The molecule has 1 aromatic heterocycles. The largest absolute Gasteiger partial charge is 0.456 e. The molecule has 0 amide bonds. The number of furan rings is 1. The summed E-state index contributed by atoms with van der Waals surface area (Å²) in [7, 11) is 0. The minimum absolute atomic E-state index is 0.00693. The van der Waals surface area contributed by atoms with Gasteiger partial charge in [0.15, 0.2) is 0 Å². The van der Waals surface area contributed by atoms with Gasteiger partial charge in [0.25, 0.3) is 6.71 Å². The van der Waals surface area contributed by atoms with Crippen LogP contribution in [0.2, 0.25) is 0 Å². The molecule has 0 bridgehead atoms. The highest BCUT2D eigenvalue weighted by Crippen LogP contribution is 2.63. The maximum Gasteiger partial charge on any atom is 0.252 e. The van der Waals surface area contributed by atoms with Crippen molar-refractivity contribution in [3.8, 4) is 11.1 Å². The van der Waals surface area contributed by atoms with Gasteiger partial charge in [-0.1, -0.05) is 200 Å². The molecule has 4 nitrogen and oxygen atoms in total. The van der Waals surface area contributed by atoms with E-state index in [9.17, 15) is 0 Å². The van der Waals surface area contributed by atoms with Crippen LogP contribution in [-0.2, 0) is 37.9 Å². The van der Waals surface area contributed by atoms with Gasteiger partial charge >= 0.3 is 0 Å². The lowest BCUT2D eigenvalue weighted by Crippen LogP contribution is -2.62. The number of anilines is 8. The first-order valence-corrected chi connectivity index (χ1v) is 33.7.